The number of rotatable bonds is 2. The van der Waals surface area contributed by atoms with Crippen LogP contribution in [0.15, 0.2) is 0 Å². The molecular formula is C9H21KN2O. The summed E-state index contributed by atoms with van der Waals surface area (Å²) in [6, 6.07) is 0.703. The van der Waals surface area contributed by atoms with Crippen LogP contribution in [0.3, 0.4) is 0 Å². The molecule has 1 atom stereocenters. The topological polar surface area (TPSA) is 54.1 Å². The first-order valence-corrected chi connectivity index (χ1v) is 4.61. The molecule has 3 N–H and O–H groups in total. The maximum atomic E-state index is 3.53. The standard InChI is InChI=1S/C9H20N2.K.H2O/c1-4-11-8-5-6-10-7-9(8,2)3;;/h8,10-11H,4-7H2,1-3H3;;1H2/q;+1;/p-1. The Bertz CT molecular complexity index is 129. The molecule has 4 heteroatoms. The summed E-state index contributed by atoms with van der Waals surface area (Å²) < 4.78 is 0. The zero-order valence-corrected chi connectivity index (χ0v) is 12.5. The Morgan fingerprint density at radius 3 is 2.54 bits per heavy atom. The molecule has 0 aromatic carbocycles. The Hall–Kier alpha value is 1.52. The molecule has 1 saturated heterocycles. The maximum absolute atomic E-state index is 3.53. The van der Waals surface area contributed by atoms with Crippen LogP contribution in [0.2, 0.25) is 0 Å². The fraction of sp³-hybridized carbons (Fsp3) is 1.00. The predicted molar refractivity (Wildman–Crippen MR) is 50.7 cm³/mol. The molecule has 74 valence electrons. The van der Waals surface area contributed by atoms with E-state index in [1.807, 2.05) is 0 Å². The van der Waals surface area contributed by atoms with Gasteiger partial charge in [0.1, 0.15) is 0 Å². The Balaban J connectivity index is 0. The summed E-state index contributed by atoms with van der Waals surface area (Å²) in [5.74, 6) is 0. The Morgan fingerprint density at radius 1 is 1.46 bits per heavy atom. The van der Waals surface area contributed by atoms with Gasteiger partial charge in [0.2, 0.25) is 0 Å². The van der Waals surface area contributed by atoms with Gasteiger partial charge in [-0.25, -0.2) is 0 Å². The van der Waals surface area contributed by atoms with E-state index in [2.05, 4.69) is 31.4 Å². The van der Waals surface area contributed by atoms with Crippen molar-refractivity contribution in [2.24, 2.45) is 5.41 Å². The van der Waals surface area contributed by atoms with Gasteiger partial charge in [-0.1, -0.05) is 20.8 Å². The second-order valence-corrected chi connectivity index (χ2v) is 4.06. The van der Waals surface area contributed by atoms with Gasteiger partial charge in [-0.2, -0.15) is 0 Å². The summed E-state index contributed by atoms with van der Waals surface area (Å²) in [6.45, 7) is 10.2. The zero-order chi connectivity index (χ0) is 8.32. The van der Waals surface area contributed by atoms with Crippen LogP contribution in [-0.4, -0.2) is 31.2 Å². The molecule has 0 amide bonds. The van der Waals surface area contributed by atoms with Crippen molar-refractivity contribution in [2.75, 3.05) is 19.6 Å². The molecule has 0 saturated carbocycles. The van der Waals surface area contributed by atoms with Gasteiger partial charge in [0.25, 0.3) is 0 Å². The SMILES string of the molecule is CCNC1CCNCC1(C)C.[K+].[OH-]. The molecule has 0 aromatic rings. The number of piperidine rings is 1. The molecule has 0 aromatic heterocycles. The number of hydrogen-bond acceptors (Lipinski definition) is 3. The molecule has 1 fully saturated rings. The van der Waals surface area contributed by atoms with Crippen LogP contribution in [0, 0.1) is 5.41 Å². The summed E-state index contributed by atoms with van der Waals surface area (Å²) in [5.41, 5.74) is 0.425. The summed E-state index contributed by atoms with van der Waals surface area (Å²) in [7, 11) is 0. The fourth-order valence-corrected chi connectivity index (χ4v) is 1.80. The van der Waals surface area contributed by atoms with Gasteiger partial charge in [-0.05, 0) is 24.9 Å². The predicted octanol–water partition coefficient (Wildman–Crippen LogP) is -2.19. The molecule has 3 nitrogen and oxygen atoms in total. The van der Waals surface area contributed by atoms with E-state index in [0.717, 1.165) is 13.1 Å². The van der Waals surface area contributed by atoms with Crippen molar-refractivity contribution in [2.45, 2.75) is 33.2 Å². The fourth-order valence-electron chi connectivity index (χ4n) is 1.80. The van der Waals surface area contributed by atoms with Gasteiger partial charge in [0.05, 0.1) is 0 Å². The summed E-state index contributed by atoms with van der Waals surface area (Å²) in [6.07, 6.45) is 1.26. The zero-order valence-electron chi connectivity index (χ0n) is 9.35. The average molecular weight is 212 g/mol. The average Bonchev–Trinajstić information content (AvgIpc) is 1.94. The van der Waals surface area contributed by atoms with E-state index in [0.29, 0.717) is 11.5 Å². The molecule has 0 spiro atoms. The summed E-state index contributed by atoms with van der Waals surface area (Å²) in [5, 5.41) is 6.96. The minimum Gasteiger partial charge on any atom is -0.870 e. The minimum atomic E-state index is 0. The van der Waals surface area contributed by atoms with Crippen LogP contribution >= 0.6 is 0 Å². The normalized spacial score (nSPS) is 25.6. The Kier molecular flexibility index (Phi) is 10.1. The molecule has 0 aliphatic carbocycles. The van der Waals surface area contributed by atoms with Crippen molar-refractivity contribution >= 4 is 0 Å². The molecule has 1 rings (SSSR count). The molecule has 1 aliphatic heterocycles. The van der Waals surface area contributed by atoms with Crippen LogP contribution < -0.4 is 62.0 Å². The van der Waals surface area contributed by atoms with Crippen molar-refractivity contribution < 1.29 is 56.9 Å². The first-order valence-electron chi connectivity index (χ1n) is 4.61. The third-order valence-electron chi connectivity index (χ3n) is 2.58. The van der Waals surface area contributed by atoms with E-state index < -0.39 is 0 Å². The van der Waals surface area contributed by atoms with E-state index in [9.17, 15) is 0 Å². The van der Waals surface area contributed by atoms with Gasteiger partial charge in [0, 0.05) is 12.6 Å². The van der Waals surface area contributed by atoms with Gasteiger partial charge < -0.3 is 16.1 Å². The van der Waals surface area contributed by atoms with Gasteiger partial charge in [-0.15, -0.1) is 0 Å². The van der Waals surface area contributed by atoms with Gasteiger partial charge >= 0.3 is 51.4 Å². The third-order valence-corrected chi connectivity index (χ3v) is 2.58. The smallest absolute Gasteiger partial charge is 0.870 e. The molecular weight excluding hydrogens is 191 g/mol. The molecule has 0 radical (unpaired) electrons. The van der Waals surface area contributed by atoms with Crippen LogP contribution in [-0.2, 0) is 0 Å². The first kappa shape index (κ1) is 16.9. The van der Waals surface area contributed by atoms with Crippen LogP contribution in [0.5, 0.6) is 0 Å². The van der Waals surface area contributed by atoms with E-state index in [1.54, 1.807) is 0 Å². The van der Waals surface area contributed by atoms with Gasteiger partial charge in [0.15, 0.2) is 0 Å². The van der Waals surface area contributed by atoms with Crippen molar-refractivity contribution in [3.05, 3.63) is 0 Å². The van der Waals surface area contributed by atoms with Crippen LogP contribution in [0.1, 0.15) is 27.2 Å². The van der Waals surface area contributed by atoms with Crippen molar-refractivity contribution in [3.8, 4) is 0 Å². The molecule has 1 heterocycles. The molecule has 1 unspecified atom stereocenters. The van der Waals surface area contributed by atoms with Crippen molar-refractivity contribution in [1.82, 2.24) is 10.6 Å². The third kappa shape index (κ3) is 5.23. The summed E-state index contributed by atoms with van der Waals surface area (Å²) >= 11 is 0. The number of nitrogens with one attached hydrogen (secondary N) is 2. The second-order valence-electron chi connectivity index (χ2n) is 4.06. The molecule has 1 aliphatic rings. The largest absolute Gasteiger partial charge is 1.00 e. The summed E-state index contributed by atoms with van der Waals surface area (Å²) in [4.78, 5) is 0. The number of hydrogen-bond donors (Lipinski definition) is 2. The monoisotopic (exact) mass is 212 g/mol. The van der Waals surface area contributed by atoms with E-state index in [1.165, 1.54) is 13.0 Å². The molecule has 13 heavy (non-hydrogen) atoms. The quantitative estimate of drug-likeness (QED) is 0.511. The Labute approximate surface area is 124 Å². The molecule has 0 bridgehead atoms. The van der Waals surface area contributed by atoms with Crippen LogP contribution in [0.4, 0.5) is 0 Å². The first-order chi connectivity index (χ1) is 5.17. The maximum Gasteiger partial charge on any atom is 1.00 e. The minimum absolute atomic E-state index is 0. The Morgan fingerprint density at radius 2 is 2.08 bits per heavy atom. The van der Waals surface area contributed by atoms with Crippen molar-refractivity contribution in [3.63, 3.8) is 0 Å². The van der Waals surface area contributed by atoms with Crippen molar-refractivity contribution in [1.29, 1.82) is 0 Å². The van der Waals surface area contributed by atoms with E-state index >= 15 is 0 Å². The van der Waals surface area contributed by atoms with E-state index in [4.69, 9.17) is 0 Å². The second kappa shape index (κ2) is 7.76. The van der Waals surface area contributed by atoms with E-state index in [-0.39, 0.29) is 56.9 Å². The van der Waals surface area contributed by atoms with Gasteiger partial charge in [-0.3, -0.25) is 0 Å². The van der Waals surface area contributed by atoms with Crippen LogP contribution in [0.25, 0.3) is 0 Å².